The van der Waals surface area contributed by atoms with Gasteiger partial charge in [0.05, 0.1) is 11.9 Å². The van der Waals surface area contributed by atoms with Gasteiger partial charge in [0.2, 0.25) is 21.8 Å². The van der Waals surface area contributed by atoms with E-state index in [0.717, 1.165) is 11.1 Å². The van der Waals surface area contributed by atoms with E-state index in [2.05, 4.69) is 5.32 Å². The largest absolute Gasteiger partial charge is 0.352 e. The minimum absolute atomic E-state index is 0.0344. The summed E-state index contributed by atoms with van der Waals surface area (Å²) in [5.41, 5.74) is 2.47. The first-order valence-electron chi connectivity index (χ1n) is 11.7. The molecule has 0 saturated heterocycles. The lowest BCUT2D eigenvalue weighted by atomic mass is 10.1. The summed E-state index contributed by atoms with van der Waals surface area (Å²) < 4.78 is 26.2. The van der Waals surface area contributed by atoms with Crippen molar-refractivity contribution in [2.24, 2.45) is 0 Å². The number of nitrogens with zero attached hydrogens (tertiary/aromatic N) is 2. The Balaban J connectivity index is 2.19. The summed E-state index contributed by atoms with van der Waals surface area (Å²) in [6.45, 7) is 8.07. The average molecular weight is 488 g/mol. The molecule has 2 rings (SSSR count). The van der Waals surface area contributed by atoms with E-state index in [0.29, 0.717) is 25.1 Å². The second-order valence-electron chi connectivity index (χ2n) is 8.87. The molecule has 0 fully saturated rings. The molecule has 0 aliphatic heterocycles. The van der Waals surface area contributed by atoms with E-state index in [1.165, 1.54) is 10.6 Å². The van der Waals surface area contributed by atoms with Gasteiger partial charge in [-0.2, -0.15) is 0 Å². The fraction of sp³-hybridized carbons (Fsp3) is 0.462. The Kier molecular flexibility index (Phi) is 10.1. The summed E-state index contributed by atoms with van der Waals surface area (Å²) in [4.78, 5) is 27.8. The molecule has 0 heterocycles. The van der Waals surface area contributed by atoms with Crippen LogP contribution >= 0.6 is 0 Å². The van der Waals surface area contributed by atoms with Crippen molar-refractivity contribution in [3.8, 4) is 0 Å². The van der Waals surface area contributed by atoms with Gasteiger partial charge in [0, 0.05) is 25.6 Å². The van der Waals surface area contributed by atoms with Crippen LogP contribution in [0.3, 0.4) is 0 Å². The average Bonchev–Trinajstić information content (AvgIpc) is 2.75. The van der Waals surface area contributed by atoms with Crippen LogP contribution in [0, 0.1) is 6.92 Å². The highest BCUT2D eigenvalue weighted by Gasteiger charge is 2.29. The van der Waals surface area contributed by atoms with Crippen LogP contribution in [0.2, 0.25) is 0 Å². The molecule has 2 aromatic rings. The minimum Gasteiger partial charge on any atom is -0.352 e. The summed E-state index contributed by atoms with van der Waals surface area (Å²) in [5.74, 6) is -0.355. The second-order valence-corrected chi connectivity index (χ2v) is 10.8. The number of hydrogen-bond acceptors (Lipinski definition) is 4. The summed E-state index contributed by atoms with van der Waals surface area (Å²) >= 11 is 0. The van der Waals surface area contributed by atoms with Gasteiger partial charge in [0.25, 0.3) is 0 Å². The van der Waals surface area contributed by atoms with Gasteiger partial charge in [0.15, 0.2) is 0 Å². The van der Waals surface area contributed by atoms with Crippen molar-refractivity contribution in [1.82, 2.24) is 10.2 Å². The SMILES string of the molecule is CCC(C(=O)NC(C)C)N(Cc1ccccc1)C(=O)CCCN(c1cccc(C)c1)S(C)(=O)=O. The van der Waals surface area contributed by atoms with E-state index >= 15 is 0 Å². The topological polar surface area (TPSA) is 86.8 Å². The third-order valence-corrected chi connectivity index (χ3v) is 6.65. The maximum Gasteiger partial charge on any atom is 0.243 e. The van der Waals surface area contributed by atoms with Crippen LogP contribution in [0.25, 0.3) is 0 Å². The van der Waals surface area contributed by atoms with E-state index in [9.17, 15) is 18.0 Å². The third kappa shape index (κ3) is 8.17. The van der Waals surface area contributed by atoms with Crippen molar-refractivity contribution in [2.45, 2.75) is 65.6 Å². The zero-order valence-electron chi connectivity index (χ0n) is 20.8. The lowest BCUT2D eigenvalue weighted by Crippen LogP contribution is -2.50. The van der Waals surface area contributed by atoms with Crippen molar-refractivity contribution < 1.29 is 18.0 Å². The molecule has 1 unspecified atom stereocenters. The smallest absolute Gasteiger partial charge is 0.243 e. The molecular weight excluding hydrogens is 450 g/mol. The van der Waals surface area contributed by atoms with Crippen molar-refractivity contribution in [3.05, 3.63) is 65.7 Å². The lowest BCUT2D eigenvalue weighted by molar-refractivity contribution is -0.141. The van der Waals surface area contributed by atoms with Crippen LogP contribution in [-0.4, -0.2) is 50.0 Å². The van der Waals surface area contributed by atoms with Crippen LogP contribution in [0.4, 0.5) is 5.69 Å². The molecule has 0 saturated carbocycles. The summed E-state index contributed by atoms with van der Waals surface area (Å²) in [6, 6.07) is 16.2. The Labute approximate surface area is 204 Å². The van der Waals surface area contributed by atoms with E-state index in [-0.39, 0.29) is 30.8 Å². The van der Waals surface area contributed by atoms with Crippen LogP contribution in [0.5, 0.6) is 0 Å². The highest BCUT2D eigenvalue weighted by atomic mass is 32.2. The molecule has 0 spiro atoms. The van der Waals surface area contributed by atoms with Crippen molar-refractivity contribution >= 4 is 27.5 Å². The van der Waals surface area contributed by atoms with Gasteiger partial charge < -0.3 is 10.2 Å². The summed E-state index contributed by atoms with van der Waals surface area (Å²) in [7, 11) is -3.51. The van der Waals surface area contributed by atoms with Gasteiger partial charge >= 0.3 is 0 Å². The fourth-order valence-corrected chi connectivity index (χ4v) is 4.82. The Morgan fingerprint density at radius 1 is 1.03 bits per heavy atom. The molecule has 1 atom stereocenters. The summed E-state index contributed by atoms with van der Waals surface area (Å²) in [6.07, 6.45) is 2.13. The molecule has 0 radical (unpaired) electrons. The number of rotatable bonds is 12. The first-order chi connectivity index (χ1) is 16.0. The molecule has 0 aromatic heterocycles. The van der Waals surface area contributed by atoms with Gasteiger partial charge in [0.1, 0.15) is 6.04 Å². The molecule has 34 heavy (non-hydrogen) atoms. The Bertz CT molecular complexity index is 1050. The highest BCUT2D eigenvalue weighted by Crippen LogP contribution is 2.20. The number of anilines is 1. The zero-order chi connectivity index (χ0) is 25.3. The molecular formula is C26H37N3O4S. The van der Waals surface area contributed by atoms with Gasteiger partial charge in [-0.1, -0.05) is 49.4 Å². The van der Waals surface area contributed by atoms with Gasteiger partial charge in [-0.25, -0.2) is 8.42 Å². The quantitative estimate of drug-likeness (QED) is 0.492. The van der Waals surface area contributed by atoms with Crippen LogP contribution in [-0.2, 0) is 26.2 Å². The molecule has 0 aliphatic carbocycles. The third-order valence-electron chi connectivity index (χ3n) is 5.45. The number of sulfonamides is 1. The first kappa shape index (κ1) is 27.4. The van der Waals surface area contributed by atoms with Crippen LogP contribution < -0.4 is 9.62 Å². The van der Waals surface area contributed by atoms with Crippen LogP contribution in [0.1, 0.15) is 51.2 Å². The Morgan fingerprint density at radius 2 is 1.71 bits per heavy atom. The molecule has 2 amide bonds. The molecule has 2 aromatic carbocycles. The monoisotopic (exact) mass is 487 g/mol. The maximum atomic E-state index is 13.3. The number of carbonyl (C=O) groups is 2. The number of aryl methyl sites for hydroxylation is 1. The molecule has 1 N–H and O–H groups in total. The lowest BCUT2D eigenvalue weighted by Gasteiger charge is -2.31. The normalized spacial score (nSPS) is 12.3. The fourth-order valence-electron chi connectivity index (χ4n) is 3.87. The summed E-state index contributed by atoms with van der Waals surface area (Å²) in [5, 5.41) is 2.92. The molecule has 0 bridgehead atoms. The van der Waals surface area contributed by atoms with Gasteiger partial charge in [-0.05, 0) is 56.9 Å². The second kappa shape index (κ2) is 12.6. The predicted molar refractivity (Wildman–Crippen MR) is 137 cm³/mol. The molecule has 0 aliphatic rings. The molecule has 186 valence electrons. The van der Waals surface area contributed by atoms with Crippen molar-refractivity contribution in [2.75, 3.05) is 17.1 Å². The number of benzene rings is 2. The highest BCUT2D eigenvalue weighted by molar-refractivity contribution is 7.92. The van der Waals surface area contributed by atoms with Gasteiger partial charge in [-0.3, -0.25) is 13.9 Å². The van der Waals surface area contributed by atoms with Gasteiger partial charge in [-0.15, -0.1) is 0 Å². The number of carbonyl (C=O) groups excluding carboxylic acids is 2. The Hall–Kier alpha value is -2.87. The van der Waals surface area contributed by atoms with Crippen LogP contribution in [0.15, 0.2) is 54.6 Å². The molecule has 7 nitrogen and oxygen atoms in total. The zero-order valence-corrected chi connectivity index (χ0v) is 21.6. The van der Waals surface area contributed by atoms with Crippen molar-refractivity contribution in [1.29, 1.82) is 0 Å². The van der Waals surface area contributed by atoms with E-state index in [1.54, 1.807) is 11.0 Å². The number of amides is 2. The maximum absolute atomic E-state index is 13.3. The number of nitrogens with one attached hydrogen (secondary N) is 1. The van der Waals surface area contributed by atoms with Crippen molar-refractivity contribution in [3.63, 3.8) is 0 Å². The molecule has 8 heteroatoms. The Morgan fingerprint density at radius 3 is 2.26 bits per heavy atom. The number of hydrogen-bond donors (Lipinski definition) is 1. The standard InChI is InChI=1S/C26H37N3O4S/c1-6-24(26(31)27-20(2)3)28(19-22-13-8-7-9-14-22)25(30)16-11-17-29(34(5,32)33)23-15-10-12-21(4)18-23/h7-10,12-15,18,20,24H,6,11,16-17,19H2,1-5H3,(H,27,31). The van der Waals surface area contributed by atoms with E-state index < -0.39 is 16.1 Å². The predicted octanol–water partition coefficient (Wildman–Crippen LogP) is 3.87. The van der Waals surface area contributed by atoms with E-state index in [4.69, 9.17) is 0 Å². The minimum atomic E-state index is -3.51. The van der Waals surface area contributed by atoms with E-state index in [1.807, 2.05) is 76.2 Å². The first-order valence-corrected chi connectivity index (χ1v) is 13.6.